The highest BCUT2D eigenvalue weighted by Crippen LogP contribution is 2.16. The molecular weight excluding hydrogens is 351 g/mol. The molecule has 1 heterocycles. The van der Waals surface area contributed by atoms with Gasteiger partial charge in [-0.1, -0.05) is 0 Å². The number of benzene rings is 1. The Morgan fingerprint density at radius 1 is 1.12 bits per heavy atom. The van der Waals surface area contributed by atoms with Gasteiger partial charge in [-0.3, -0.25) is 9.59 Å². The molecule has 2 N–H and O–H groups in total. The zero-order chi connectivity index (χ0) is 18.4. The maximum atomic E-state index is 12.9. The predicted molar refractivity (Wildman–Crippen MR) is 87.1 cm³/mol. The van der Waals surface area contributed by atoms with Crippen LogP contribution in [0.2, 0.25) is 0 Å². The number of carbonyl (C=O) groups excluding carboxylic acids is 2. The van der Waals surface area contributed by atoms with Crippen LogP contribution in [0.15, 0.2) is 52.0 Å². The average molecular weight is 368 g/mol. The molecule has 0 spiro atoms. The average Bonchev–Trinajstić information content (AvgIpc) is 3.12. The highest BCUT2D eigenvalue weighted by atomic mass is 32.2. The van der Waals surface area contributed by atoms with Crippen molar-refractivity contribution in [1.29, 1.82) is 0 Å². The molecule has 0 fully saturated rings. The SMILES string of the molecule is CC(C(=O)NCCNC(=O)c1ccco1)S(=O)(=O)c1ccc(F)cc1. The van der Waals surface area contributed by atoms with Crippen LogP contribution < -0.4 is 10.6 Å². The molecule has 0 saturated heterocycles. The highest BCUT2D eigenvalue weighted by molar-refractivity contribution is 7.92. The maximum absolute atomic E-state index is 12.9. The number of furan rings is 1. The van der Waals surface area contributed by atoms with Crippen molar-refractivity contribution in [2.75, 3.05) is 13.1 Å². The lowest BCUT2D eigenvalue weighted by Gasteiger charge is -2.13. The fourth-order valence-corrected chi connectivity index (χ4v) is 3.26. The third kappa shape index (κ3) is 4.66. The molecule has 7 nitrogen and oxygen atoms in total. The van der Waals surface area contributed by atoms with E-state index in [2.05, 4.69) is 10.6 Å². The summed E-state index contributed by atoms with van der Waals surface area (Å²) in [6.45, 7) is 1.40. The number of hydrogen-bond acceptors (Lipinski definition) is 5. The van der Waals surface area contributed by atoms with Gasteiger partial charge >= 0.3 is 0 Å². The number of hydrogen-bond donors (Lipinski definition) is 2. The van der Waals surface area contributed by atoms with Crippen molar-refractivity contribution >= 4 is 21.7 Å². The number of nitrogens with one attached hydrogen (secondary N) is 2. The van der Waals surface area contributed by atoms with Gasteiger partial charge in [-0.2, -0.15) is 0 Å². The van der Waals surface area contributed by atoms with Gasteiger partial charge in [0.2, 0.25) is 5.91 Å². The summed E-state index contributed by atoms with van der Waals surface area (Å²) < 4.78 is 42.4. The minimum atomic E-state index is -3.92. The summed E-state index contributed by atoms with van der Waals surface area (Å²) in [5.41, 5.74) is 0. The Morgan fingerprint density at radius 3 is 2.36 bits per heavy atom. The van der Waals surface area contributed by atoms with Gasteiger partial charge < -0.3 is 15.1 Å². The van der Waals surface area contributed by atoms with E-state index in [9.17, 15) is 22.4 Å². The monoisotopic (exact) mass is 368 g/mol. The van der Waals surface area contributed by atoms with Crippen molar-refractivity contribution < 1.29 is 26.8 Å². The molecule has 25 heavy (non-hydrogen) atoms. The van der Waals surface area contributed by atoms with Gasteiger partial charge in [-0.15, -0.1) is 0 Å². The number of rotatable bonds is 7. The molecule has 1 aromatic heterocycles. The van der Waals surface area contributed by atoms with E-state index >= 15 is 0 Å². The summed E-state index contributed by atoms with van der Waals surface area (Å²) in [5.74, 6) is -1.58. The largest absolute Gasteiger partial charge is 0.459 e. The van der Waals surface area contributed by atoms with Crippen molar-refractivity contribution in [3.8, 4) is 0 Å². The third-order valence-electron chi connectivity index (χ3n) is 3.43. The van der Waals surface area contributed by atoms with Crippen molar-refractivity contribution in [3.63, 3.8) is 0 Å². The number of sulfone groups is 1. The summed E-state index contributed by atoms with van der Waals surface area (Å²) in [4.78, 5) is 23.5. The van der Waals surface area contributed by atoms with Crippen molar-refractivity contribution in [1.82, 2.24) is 10.6 Å². The lowest BCUT2D eigenvalue weighted by molar-refractivity contribution is -0.120. The fraction of sp³-hybridized carbons (Fsp3) is 0.250. The second kappa shape index (κ2) is 7.93. The minimum Gasteiger partial charge on any atom is -0.459 e. The van der Waals surface area contributed by atoms with Crippen LogP contribution >= 0.6 is 0 Å². The van der Waals surface area contributed by atoms with E-state index in [1.54, 1.807) is 6.07 Å². The van der Waals surface area contributed by atoms with E-state index in [-0.39, 0.29) is 23.7 Å². The Bertz CT molecular complexity index is 832. The van der Waals surface area contributed by atoms with Crippen molar-refractivity contribution in [2.45, 2.75) is 17.1 Å². The van der Waals surface area contributed by atoms with Gasteiger partial charge in [0.1, 0.15) is 11.1 Å². The quantitative estimate of drug-likeness (QED) is 0.563. The summed E-state index contributed by atoms with van der Waals surface area (Å²) in [7, 11) is -3.92. The van der Waals surface area contributed by atoms with Gasteiger partial charge in [0, 0.05) is 13.1 Å². The van der Waals surface area contributed by atoms with Gasteiger partial charge in [0.05, 0.1) is 11.2 Å². The van der Waals surface area contributed by atoms with Crippen LogP contribution in [0.25, 0.3) is 0 Å². The normalized spacial score (nSPS) is 12.4. The Kier molecular flexibility index (Phi) is 5.92. The first kappa shape index (κ1) is 18.7. The highest BCUT2D eigenvalue weighted by Gasteiger charge is 2.29. The van der Waals surface area contributed by atoms with E-state index in [1.807, 2.05) is 0 Å². The molecule has 0 radical (unpaired) electrons. The molecule has 0 bridgehead atoms. The molecule has 2 rings (SSSR count). The molecular formula is C16H17FN2O5S. The van der Waals surface area contributed by atoms with Crippen molar-refractivity contribution in [3.05, 3.63) is 54.2 Å². The summed E-state index contributed by atoms with van der Waals surface area (Å²) in [6.07, 6.45) is 1.36. The van der Waals surface area contributed by atoms with Crippen LogP contribution in [0.4, 0.5) is 4.39 Å². The van der Waals surface area contributed by atoms with E-state index < -0.39 is 32.7 Å². The second-order valence-electron chi connectivity index (χ2n) is 5.17. The van der Waals surface area contributed by atoms with E-state index in [0.29, 0.717) is 0 Å². The van der Waals surface area contributed by atoms with Crippen molar-refractivity contribution in [2.24, 2.45) is 0 Å². The molecule has 0 aliphatic carbocycles. The lowest BCUT2D eigenvalue weighted by atomic mass is 10.3. The molecule has 1 atom stereocenters. The van der Waals surface area contributed by atoms with Gasteiger partial charge in [0.15, 0.2) is 15.6 Å². The van der Waals surface area contributed by atoms with Crippen LogP contribution in [0.1, 0.15) is 17.5 Å². The summed E-state index contributed by atoms with van der Waals surface area (Å²) in [6, 6.07) is 7.31. The molecule has 1 aromatic carbocycles. The molecule has 0 aliphatic heterocycles. The molecule has 134 valence electrons. The molecule has 2 amide bonds. The molecule has 0 aliphatic rings. The van der Waals surface area contributed by atoms with Gasteiger partial charge in [-0.05, 0) is 43.3 Å². The van der Waals surface area contributed by atoms with E-state index in [1.165, 1.54) is 19.3 Å². The molecule has 9 heteroatoms. The van der Waals surface area contributed by atoms with Gasteiger partial charge in [-0.25, -0.2) is 12.8 Å². The number of halogens is 1. The zero-order valence-corrected chi connectivity index (χ0v) is 14.2. The molecule has 1 unspecified atom stereocenters. The third-order valence-corrected chi connectivity index (χ3v) is 5.51. The fourth-order valence-electron chi connectivity index (χ4n) is 1.97. The standard InChI is InChI=1S/C16H17FN2O5S/c1-11(25(22,23)13-6-4-12(17)5-7-13)15(20)18-8-9-19-16(21)14-3-2-10-24-14/h2-7,10-11H,8-9H2,1H3,(H,18,20)(H,19,21). The topological polar surface area (TPSA) is 105 Å². The van der Waals surface area contributed by atoms with Crippen LogP contribution in [-0.2, 0) is 14.6 Å². The summed E-state index contributed by atoms with van der Waals surface area (Å²) in [5, 5.41) is 3.60. The zero-order valence-electron chi connectivity index (χ0n) is 13.4. The number of carbonyl (C=O) groups is 2. The Hall–Kier alpha value is -2.68. The number of amides is 2. The smallest absolute Gasteiger partial charge is 0.287 e. The first-order chi connectivity index (χ1) is 11.8. The Labute approximate surface area is 144 Å². The second-order valence-corrected chi connectivity index (χ2v) is 7.43. The lowest BCUT2D eigenvalue weighted by Crippen LogP contribution is -2.41. The predicted octanol–water partition coefficient (Wildman–Crippen LogP) is 1.13. The maximum Gasteiger partial charge on any atom is 0.287 e. The Morgan fingerprint density at radius 2 is 1.76 bits per heavy atom. The minimum absolute atomic E-state index is 0.0502. The molecule has 2 aromatic rings. The van der Waals surface area contributed by atoms with E-state index in [0.717, 1.165) is 24.3 Å². The Balaban J connectivity index is 1.85. The molecule has 0 saturated carbocycles. The van der Waals surface area contributed by atoms with Crippen LogP contribution in [0, 0.1) is 5.82 Å². The van der Waals surface area contributed by atoms with E-state index in [4.69, 9.17) is 4.42 Å². The van der Waals surface area contributed by atoms with Gasteiger partial charge in [0.25, 0.3) is 5.91 Å². The first-order valence-electron chi connectivity index (χ1n) is 7.41. The first-order valence-corrected chi connectivity index (χ1v) is 8.96. The summed E-state index contributed by atoms with van der Waals surface area (Å²) >= 11 is 0. The van der Waals surface area contributed by atoms with Crippen LogP contribution in [-0.4, -0.2) is 38.6 Å². The van der Waals surface area contributed by atoms with Crippen LogP contribution in [0.5, 0.6) is 0 Å². The van der Waals surface area contributed by atoms with Crippen LogP contribution in [0.3, 0.4) is 0 Å².